The molecule has 1 aromatic rings. The smallest absolute Gasteiger partial charge is 0.157 e. The van der Waals surface area contributed by atoms with E-state index in [1.54, 1.807) is 19.9 Å². The van der Waals surface area contributed by atoms with Gasteiger partial charge in [0.05, 0.1) is 22.6 Å². The molecule has 0 aliphatic heterocycles. The number of hydrogen-bond acceptors (Lipinski definition) is 3. The molecule has 0 aliphatic carbocycles. The molecule has 0 heterocycles. The summed E-state index contributed by atoms with van der Waals surface area (Å²) < 4.78 is 36.8. The first kappa shape index (κ1) is 13.7. The van der Waals surface area contributed by atoms with Gasteiger partial charge in [-0.15, -0.1) is 0 Å². The maximum absolute atomic E-state index is 13.1. The minimum absolute atomic E-state index is 0.138. The highest BCUT2D eigenvalue weighted by molar-refractivity contribution is 7.91. The van der Waals surface area contributed by atoms with Crippen LogP contribution >= 0.6 is 0 Å². The third-order valence-electron chi connectivity index (χ3n) is 2.64. The van der Waals surface area contributed by atoms with Crippen molar-refractivity contribution in [1.29, 1.82) is 5.26 Å². The molecule has 1 atom stereocenters. The van der Waals surface area contributed by atoms with Gasteiger partial charge in [0.25, 0.3) is 0 Å². The van der Waals surface area contributed by atoms with Crippen molar-refractivity contribution >= 4 is 9.84 Å². The van der Waals surface area contributed by atoms with Crippen LogP contribution in [0.15, 0.2) is 18.2 Å². The lowest BCUT2D eigenvalue weighted by Crippen LogP contribution is -2.18. The molecule has 1 rings (SSSR count). The van der Waals surface area contributed by atoms with Crippen LogP contribution < -0.4 is 0 Å². The largest absolute Gasteiger partial charge is 0.228 e. The van der Waals surface area contributed by atoms with Gasteiger partial charge in [-0.25, -0.2) is 12.8 Å². The summed E-state index contributed by atoms with van der Waals surface area (Å²) in [7, 11) is -3.28. The molecule has 5 heteroatoms. The molecule has 0 N–H and O–H groups in total. The van der Waals surface area contributed by atoms with Gasteiger partial charge >= 0.3 is 0 Å². The normalized spacial score (nSPS) is 13.1. The second-order valence-electron chi connectivity index (χ2n) is 3.99. The molecule has 0 amide bonds. The molecule has 1 unspecified atom stereocenters. The van der Waals surface area contributed by atoms with E-state index in [0.29, 0.717) is 12.0 Å². The molecule has 1 aromatic carbocycles. The average Bonchev–Trinajstić information content (AvgIpc) is 2.26. The van der Waals surface area contributed by atoms with E-state index >= 15 is 0 Å². The van der Waals surface area contributed by atoms with E-state index < -0.39 is 20.9 Å². The number of benzene rings is 1. The Labute approximate surface area is 101 Å². The first-order valence-corrected chi connectivity index (χ1v) is 7.01. The quantitative estimate of drug-likeness (QED) is 0.830. The van der Waals surface area contributed by atoms with Gasteiger partial charge < -0.3 is 0 Å². The van der Waals surface area contributed by atoms with Gasteiger partial charge in [-0.3, -0.25) is 0 Å². The molecule has 0 radical (unpaired) electrons. The maximum Gasteiger partial charge on any atom is 0.157 e. The third-order valence-corrected chi connectivity index (χ3v) is 4.94. The standard InChI is InChI=1S/C12H14FNO2S/c1-3-9(2)17(15,16)8-11-4-10(7-14)5-12(13)6-11/h4-6,9H,3,8H2,1-2H3. The molecule has 0 bridgehead atoms. The summed E-state index contributed by atoms with van der Waals surface area (Å²) in [6.07, 6.45) is 0.517. The van der Waals surface area contributed by atoms with Gasteiger partial charge in [-0.2, -0.15) is 5.26 Å². The van der Waals surface area contributed by atoms with Crippen molar-refractivity contribution in [2.24, 2.45) is 0 Å². The van der Waals surface area contributed by atoms with E-state index in [1.807, 2.05) is 0 Å². The van der Waals surface area contributed by atoms with Crippen molar-refractivity contribution in [3.05, 3.63) is 35.1 Å². The second kappa shape index (κ2) is 5.28. The van der Waals surface area contributed by atoms with Gasteiger partial charge in [0.1, 0.15) is 5.82 Å². The van der Waals surface area contributed by atoms with E-state index in [1.165, 1.54) is 6.07 Å². The van der Waals surface area contributed by atoms with Crippen LogP contribution in [0.25, 0.3) is 0 Å². The summed E-state index contributed by atoms with van der Waals surface area (Å²) in [4.78, 5) is 0. The topological polar surface area (TPSA) is 57.9 Å². The number of rotatable bonds is 4. The van der Waals surface area contributed by atoms with Gasteiger partial charge in [0.15, 0.2) is 9.84 Å². The Morgan fingerprint density at radius 2 is 2.06 bits per heavy atom. The van der Waals surface area contributed by atoms with Crippen molar-refractivity contribution < 1.29 is 12.8 Å². The molecule has 3 nitrogen and oxygen atoms in total. The first-order valence-electron chi connectivity index (χ1n) is 5.30. The summed E-state index contributed by atoms with van der Waals surface area (Å²) in [5, 5.41) is 8.21. The van der Waals surface area contributed by atoms with Crippen LogP contribution in [0.1, 0.15) is 31.4 Å². The fourth-order valence-electron chi connectivity index (χ4n) is 1.43. The van der Waals surface area contributed by atoms with Crippen LogP contribution in [0, 0.1) is 17.1 Å². The minimum atomic E-state index is -3.28. The maximum atomic E-state index is 13.1. The summed E-state index contributed by atoms with van der Waals surface area (Å²) in [5.41, 5.74) is 0.459. The lowest BCUT2D eigenvalue weighted by Gasteiger charge is -2.10. The fraction of sp³-hybridized carbons (Fsp3) is 0.417. The lowest BCUT2D eigenvalue weighted by atomic mass is 10.1. The molecule has 0 spiro atoms. The minimum Gasteiger partial charge on any atom is -0.228 e. The summed E-state index contributed by atoms with van der Waals surface area (Å²) in [6, 6.07) is 5.44. The number of nitrogens with zero attached hydrogens (tertiary/aromatic N) is 1. The highest BCUT2D eigenvalue weighted by Crippen LogP contribution is 2.16. The number of halogens is 1. The van der Waals surface area contributed by atoms with Crippen LogP contribution in [0.2, 0.25) is 0 Å². The monoisotopic (exact) mass is 255 g/mol. The number of sulfone groups is 1. The Balaban J connectivity index is 3.05. The van der Waals surface area contributed by atoms with E-state index in [0.717, 1.165) is 12.1 Å². The Morgan fingerprint density at radius 1 is 1.41 bits per heavy atom. The average molecular weight is 255 g/mol. The molecule has 0 saturated heterocycles. The summed E-state index contributed by atoms with van der Waals surface area (Å²) in [6.45, 7) is 3.41. The van der Waals surface area contributed by atoms with Crippen molar-refractivity contribution in [2.45, 2.75) is 31.3 Å². The van der Waals surface area contributed by atoms with Gasteiger partial charge in [0.2, 0.25) is 0 Å². The van der Waals surface area contributed by atoms with Crippen molar-refractivity contribution in [3.63, 3.8) is 0 Å². The Bertz CT molecular complexity index is 546. The number of nitriles is 1. The van der Waals surface area contributed by atoms with Crippen LogP contribution in [0.3, 0.4) is 0 Å². The van der Waals surface area contributed by atoms with Gasteiger partial charge in [-0.05, 0) is 37.1 Å². The van der Waals surface area contributed by atoms with Crippen molar-refractivity contribution in [3.8, 4) is 6.07 Å². The van der Waals surface area contributed by atoms with Crippen LogP contribution in [0.5, 0.6) is 0 Å². The molecular weight excluding hydrogens is 241 g/mol. The highest BCUT2D eigenvalue weighted by atomic mass is 32.2. The zero-order valence-electron chi connectivity index (χ0n) is 9.77. The molecule has 17 heavy (non-hydrogen) atoms. The second-order valence-corrected chi connectivity index (χ2v) is 6.41. The van der Waals surface area contributed by atoms with E-state index in [2.05, 4.69) is 0 Å². The highest BCUT2D eigenvalue weighted by Gasteiger charge is 2.20. The molecule has 0 fully saturated rings. The fourth-order valence-corrected chi connectivity index (χ4v) is 2.85. The summed E-state index contributed by atoms with van der Waals surface area (Å²) in [5.74, 6) is -0.813. The van der Waals surface area contributed by atoms with Crippen LogP contribution in [0.4, 0.5) is 4.39 Å². The van der Waals surface area contributed by atoms with E-state index in [4.69, 9.17) is 5.26 Å². The lowest BCUT2D eigenvalue weighted by molar-refractivity contribution is 0.579. The molecule has 92 valence electrons. The molecule has 0 aliphatic rings. The predicted molar refractivity (Wildman–Crippen MR) is 63.5 cm³/mol. The number of hydrogen-bond donors (Lipinski definition) is 0. The van der Waals surface area contributed by atoms with E-state index in [-0.39, 0.29) is 11.3 Å². The Hall–Kier alpha value is -1.41. The summed E-state index contributed by atoms with van der Waals surface area (Å²) >= 11 is 0. The molecular formula is C12H14FNO2S. The molecule has 0 aromatic heterocycles. The zero-order chi connectivity index (χ0) is 13.1. The SMILES string of the molecule is CCC(C)S(=O)(=O)Cc1cc(F)cc(C#N)c1. The third kappa shape index (κ3) is 3.53. The van der Waals surface area contributed by atoms with Crippen LogP contribution in [-0.2, 0) is 15.6 Å². The van der Waals surface area contributed by atoms with Crippen molar-refractivity contribution in [2.75, 3.05) is 0 Å². The first-order chi connectivity index (χ1) is 7.89. The Kier molecular flexibility index (Phi) is 4.24. The molecule has 0 saturated carbocycles. The van der Waals surface area contributed by atoms with Crippen LogP contribution in [-0.4, -0.2) is 13.7 Å². The van der Waals surface area contributed by atoms with E-state index in [9.17, 15) is 12.8 Å². The Morgan fingerprint density at radius 3 is 2.59 bits per heavy atom. The van der Waals surface area contributed by atoms with Gasteiger partial charge in [0, 0.05) is 0 Å². The van der Waals surface area contributed by atoms with Gasteiger partial charge in [-0.1, -0.05) is 6.92 Å². The zero-order valence-corrected chi connectivity index (χ0v) is 10.6. The predicted octanol–water partition coefficient (Wildman–Crippen LogP) is 2.41. The van der Waals surface area contributed by atoms with Crippen molar-refractivity contribution in [1.82, 2.24) is 0 Å².